The van der Waals surface area contributed by atoms with Crippen LogP contribution in [0.2, 0.25) is 0 Å². The van der Waals surface area contributed by atoms with E-state index in [2.05, 4.69) is 5.32 Å². The lowest BCUT2D eigenvalue weighted by atomic mass is 10.2. The molecule has 1 aliphatic heterocycles. The van der Waals surface area contributed by atoms with Gasteiger partial charge < -0.3 is 14.8 Å². The highest BCUT2D eigenvalue weighted by Crippen LogP contribution is 2.19. The van der Waals surface area contributed by atoms with E-state index < -0.39 is 18.0 Å². The van der Waals surface area contributed by atoms with Crippen LogP contribution in [0.3, 0.4) is 0 Å². The number of benzene rings is 1. The van der Waals surface area contributed by atoms with Crippen molar-refractivity contribution < 1.29 is 23.9 Å². The minimum Gasteiger partial charge on any atom is -0.460 e. The molecule has 0 unspecified atom stereocenters. The second-order valence-corrected chi connectivity index (χ2v) is 4.64. The average molecular weight is 277 g/mol. The Morgan fingerprint density at radius 3 is 2.45 bits per heavy atom. The molecule has 1 heterocycles. The Morgan fingerprint density at radius 1 is 1.30 bits per heavy atom. The smallest absolute Gasteiger partial charge is 0.347 e. The molecule has 0 radical (unpaired) electrons. The number of carbonyl (C=O) groups excluding carboxylic acids is 3. The van der Waals surface area contributed by atoms with Crippen LogP contribution in [-0.2, 0) is 19.1 Å². The Morgan fingerprint density at radius 2 is 1.95 bits per heavy atom. The lowest BCUT2D eigenvalue weighted by Crippen LogP contribution is -2.22. The summed E-state index contributed by atoms with van der Waals surface area (Å²) in [7, 11) is 0. The van der Waals surface area contributed by atoms with Crippen molar-refractivity contribution in [2.45, 2.75) is 32.5 Å². The molecule has 1 N–H and O–H groups in total. The molecule has 0 saturated carbocycles. The summed E-state index contributed by atoms with van der Waals surface area (Å²) in [6.07, 6.45) is -0.705. The average Bonchev–Trinajstić information content (AvgIpc) is 2.68. The highest BCUT2D eigenvalue weighted by atomic mass is 16.6. The van der Waals surface area contributed by atoms with E-state index >= 15 is 0 Å². The minimum atomic E-state index is -0.840. The van der Waals surface area contributed by atoms with Gasteiger partial charge in [0, 0.05) is 19.0 Å². The molecule has 6 heteroatoms. The lowest BCUT2D eigenvalue weighted by Gasteiger charge is -2.09. The van der Waals surface area contributed by atoms with E-state index in [1.165, 1.54) is 19.1 Å². The third kappa shape index (κ3) is 3.34. The molecule has 2 rings (SSSR count). The SMILES string of the molecule is CC(=O)Nc1ccc(C(=O)O[C@H]2C[C@@H](C)OC2=O)cc1. The van der Waals surface area contributed by atoms with Gasteiger partial charge in [0.25, 0.3) is 0 Å². The first-order valence-corrected chi connectivity index (χ1v) is 6.25. The van der Waals surface area contributed by atoms with Gasteiger partial charge in [-0.15, -0.1) is 0 Å². The van der Waals surface area contributed by atoms with Crippen LogP contribution in [0.5, 0.6) is 0 Å². The third-order valence-corrected chi connectivity index (χ3v) is 2.82. The number of ether oxygens (including phenoxy) is 2. The van der Waals surface area contributed by atoms with E-state index in [0.717, 1.165) is 0 Å². The predicted molar refractivity (Wildman–Crippen MR) is 70.1 cm³/mol. The van der Waals surface area contributed by atoms with Crippen LogP contribution in [0.25, 0.3) is 0 Å². The first kappa shape index (κ1) is 14.0. The molecule has 6 nitrogen and oxygen atoms in total. The number of rotatable bonds is 3. The van der Waals surface area contributed by atoms with Crippen molar-refractivity contribution in [2.75, 3.05) is 5.32 Å². The Bertz CT molecular complexity index is 537. The number of carbonyl (C=O) groups is 3. The van der Waals surface area contributed by atoms with Gasteiger partial charge in [-0.3, -0.25) is 4.79 Å². The van der Waals surface area contributed by atoms with Crippen molar-refractivity contribution in [1.82, 2.24) is 0 Å². The summed E-state index contributed by atoms with van der Waals surface area (Å²) in [4.78, 5) is 34.1. The van der Waals surface area contributed by atoms with Crippen LogP contribution < -0.4 is 5.32 Å². The Balaban J connectivity index is 1.99. The number of nitrogens with one attached hydrogen (secondary N) is 1. The minimum absolute atomic E-state index is 0.192. The summed E-state index contributed by atoms with van der Waals surface area (Å²) in [6.45, 7) is 3.14. The van der Waals surface area contributed by atoms with Gasteiger partial charge in [-0.05, 0) is 31.2 Å². The molecule has 1 aliphatic rings. The molecule has 0 spiro atoms. The normalized spacial score (nSPS) is 21.2. The van der Waals surface area contributed by atoms with Gasteiger partial charge in [0.1, 0.15) is 6.10 Å². The fourth-order valence-corrected chi connectivity index (χ4v) is 1.91. The van der Waals surface area contributed by atoms with Crippen LogP contribution in [-0.4, -0.2) is 30.1 Å². The molecule has 2 atom stereocenters. The van der Waals surface area contributed by atoms with Gasteiger partial charge in [0.2, 0.25) is 12.0 Å². The van der Waals surface area contributed by atoms with Crippen molar-refractivity contribution in [3.8, 4) is 0 Å². The van der Waals surface area contributed by atoms with E-state index in [-0.39, 0.29) is 12.0 Å². The second kappa shape index (κ2) is 5.73. The summed E-state index contributed by atoms with van der Waals surface area (Å²) in [6, 6.07) is 6.23. The molecular formula is C14H15NO5. The molecule has 0 aromatic heterocycles. The third-order valence-electron chi connectivity index (χ3n) is 2.82. The van der Waals surface area contributed by atoms with E-state index in [9.17, 15) is 14.4 Å². The summed E-state index contributed by atoms with van der Waals surface area (Å²) < 4.78 is 10.0. The zero-order chi connectivity index (χ0) is 14.7. The molecule has 1 amide bonds. The van der Waals surface area contributed by atoms with Crippen molar-refractivity contribution in [3.05, 3.63) is 29.8 Å². The Kier molecular flexibility index (Phi) is 4.02. The maximum atomic E-state index is 11.9. The van der Waals surface area contributed by atoms with Crippen LogP contribution in [0.15, 0.2) is 24.3 Å². The van der Waals surface area contributed by atoms with Gasteiger partial charge in [-0.2, -0.15) is 0 Å². The van der Waals surface area contributed by atoms with Crippen LogP contribution in [0.4, 0.5) is 5.69 Å². The van der Waals surface area contributed by atoms with E-state index in [0.29, 0.717) is 17.7 Å². The number of amides is 1. The van der Waals surface area contributed by atoms with Crippen LogP contribution in [0.1, 0.15) is 30.6 Å². The highest BCUT2D eigenvalue weighted by molar-refractivity contribution is 5.93. The van der Waals surface area contributed by atoms with E-state index in [4.69, 9.17) is 9.47 Å². The summed E-state index contributed by atoms with van der Waals surface area (Å²) >= 11 is 0. The van der Waals surface area contributed by atoms with E-state index in [1.54, 1.807) is 19.1 Å². The number of hydrogen-bond acceptors (Lipinski definition) is 5. The quantitative estimate of drug-likeness (QED) is 0.847. The Hall–Kier alpha value is -2.37. The summed E-state index contributed by atoms with van der Waals surface area (Å²) in [5.74, 6) is -1.29. The largest absolute Gasteiger partial charge is 0.460 e. The first-order valence-electron chi connectivity index (χ1n) is 6.25. The van der Waals surface area contributed by atoms with Gasteiger partial charge in [0.15, 0.2) is 0 Å². The van der Waals surface area contributed by atoms with Crippen molar-refractivity contribution in [1.29, 1.82) is 0 Å². The monoisotopic (exact) mass is 277 g/mol. The maximum Gasteiger partial charge on any atom is 0.347 e. The Labute approximate surface area is 116 Å². The second-order valence-electron chi connectivity index (χ2n) is 4.64. The number of anilines is 1. The number of cyclic esters (lactones) is 1. The van der Waals surface area contributed by atoms with E-state index in [1.807, 2.05) is 0 Å². The van der Waals surface area contributed by atoms with Gasteiger partial charge in [-0.25, -0.2) is 9.59 Å². The van der Waals surface area contributed by atoms with Gasteiger partial charge >= 0.3 is 11.9 Å². The zero-order valence-corrected chi connectivity index (χ0v) is 11.2. The lowest BCUT2D eigenvalue weighted by molar-refractivity contribution is -0.147. The fraction of sp³-hybridized carbons (Fsp3) is 0.357. The van der Waals surface area contributed by atoms with Crippen molar-refractivity contribution in [3.63, 3.8) is 0 Å². The molecular weight excluding hydrogens is 262 g/mol. The van der Waals surface area contributed by atoms with Gasteiger partial charge in [-0.1, -0.05) is 0 Å². The molecule has 106 valence electrons. The molecule has 1 aromatic rings. The van der Waals surface area contributed by atoms with Crippen LogP contribution in [0, 0.1) is 0 Å². The summed E-state index contributed by atoms with van der Waals surface area (Å²) in [5, 5.41) is 2.59. The first-order chi connectivity index (χ1) is 9.45. The molecule has 1 fully saturated rings. The number of esters is 2. The summed E-state index contributed by atoms with van der Waals surface area (Å²) in [5.41, 5.74) is 0.898. The molecule has 1 saturated heterocycles. The fourth-order valence-electron chi connectivity index (χ4n) is 1.91. The highest BCUT2D eigenvalue weighted by Gasteiger charge is 2.35. The predicted octanol–water partition coefficient (Wildman–Crippen LogP) is 1.51. The maximum absolute atomic E-state index is 11.9. The standard InChI is InChI=1S/C14H15NO5/c1-8-7-12(14(18)19-8)20-13(17)10-3-5-11(6-4-10)15-9(2)16/h3-6,8,12H,7H2,1-2H3,(H,15,16)/t8-,12+/m1/s1. The van der Waals surface area contributed by atoms with Crippen molar-refractivity contribution >= 4 is 23.5 Å². The van der Waals surface area contributed by atoms with Crippen molar-refractivity contribution in [2.24, 2.45) is 0 Å². The molecule has 0 bridgehead atoms. The molecule has 20 heavy (non-hydrogen) atoms. The molecule has 0 aliphatic carbocycles. The number of hydrogen-bond donors (Lipinski definition) is 1. The topological polar surface area (TPSA) is 81.7 Å². The van der Waals surface area contributed by atoms with Gasteiger partial charge in [0.05, 0.1) is 5.56 Å². The van der Waals surface area contributed by atoms with Crippen LogP contribution >= 0.6 is 0 Å². The zero-order valence-electron chi connectivity index (χ0n) is 11.2. The molecule has 1 aromatic carbocycles.